The van der Waals surface area contributed by atoms with Crippen LogP contribution in [-0.4, -0.2) is 41.7 Å². The molecule has 0 bridgehead atoms. The first-order chi connectivity index (χ1) is 11.0. The summed E-state index contributed by atoms with van der Waals surface area (Å²) < 4.78 is 6.97. The summed E-state index contributed by atoms with van der Waals surface area (Å²) >= 11 is 3.52. The van der Waals surface area contributed by atoms with Crippen LogP contribution in [0.2, 0.25) is 0 Å². The minimum absolute atomic E-state index is 0.166. The van der Waals surface area contributed by atoms with E-state index in [-0.39, 0.29) is 6.54 Å². The van der Waals surface area contributed by atoms with Crippen LogP contribution in [0, 0.1) is 12.8 Å². The van der Waals surface area contributed by atoms with Gasteiger partial charge in [0.25, 0.3) is 0 Å². The minimum atomic E-state index is -0.729. The molecule has 128 valence electrons. The number of rotatable bonds is 7. The zero-order valence-corrected chi connectivity index (χ0v) is 15.5. The number of benzene rings is 1. The Balaban J connectivity index is 1.69. The van der Waals surface area contributed by atoms with Crippen molar-refractivity contribution in [3.63, 3.8) is 0 Å². The third kappa shape index (κ3) is 5.50. The maximum absolute atomic E-state index is 10.8. The summed E-state index contributed by atoms with van der Waals surface area (Å²) in [6.45, 7) is 5.99. The maximum atomic E-state index is 10.8. The van der Waals surface area contributed by atoms with Gasteiger partial charge in [-0.3, -0.25) is 9.69 Å². The molecular formula is C18H26BrNO3. The van der Waals surface area contributed by atoms with E-state index < -0.39 is 5.97 Å². The van der Waals surface area contributed by atoms with E-state index in [4.69, 9.17) is 9.84 Å². The lowest BCUT2D eigenvalue weighted by molar-refractivity contribution is -0.139. The van der Waals surface area contributed by atoms with Crippen LogP contribution in [0.4, 0.5) is 0 Å². The van der Waals surface area contributed by atoms with E-state index in [0.29, 0.717) is 12.0 Å². The molecule has 0 radical (unpaired) electrons. The van der Waals surface area contributed by atoms with Gasteiger partial charge >= 0.3 is 5.97 Å². The Morgan fingerprint density at radius 2 is 2.26 bits per heavy atom. The second-order valence-electron chi connectivity index (χ2n) is 6.46. The van der Waals surface area contributed by atoms with Crippen LogP contribution >= 0.6 is 15.9 Å². The van der Waals surface area contributed by atoms with Crippen molar-refractivity contribution < 1.29 is 14.6 Å². The molecule has 4 nitrogen and oxygen atoms in total. The lowest BCUT2D eigenvalue weighted by Crippen LogP contribution is -2.43. The Bertz CT molecular complexity index is 535. The van der Waals surface area contributed by atoms with Crippen LogP contribution in [-0.2, 0) is 4.79 Å². The number of hydrogen-bond acceptors (Lipinski definition) is 3. The summed E-state index contributed by atoms with van der Waals surface area (Å²) in [7, 11) is 0. The number of carboxylic acid groups (broad SMARTS) is 1. The summed E-state index contributed by atoms with van der Waals surface area (Å²) in [6.07, 6.45) is 4.37. The molecule has 1 aliphatic rings. The summed E-state index contributed by atoms with van der Waals surface area (Å²) in [4.78, 5) is 12.9. The van der Waals surface area contributed by atoms with Gasteiger partial charge in [-0.1, -0.05) is 22.0 Å². The van der Waals surface area contributed by atoms with Gasteiger partial charge in [0.1, 0.15) is 5.75 Å². The van der Waals surface area contributed by atoms with Crippen molar-refractivity contribution in [2.45, 2.75) is 45.6 Å². The van der Waals surface area contributed by atoms with Gasteiger partial charge in [-0.15, -0.1) is 0 Å². The Hall–Kier alpha value is -1.07. The fourth-order valence-corrected chi connectivity index (χ4v) is 3.64. The zero-order chi connectivity index (χ0) is 16.8. The Kier molecular flexibility index (Phi) is 6.90. The van der Waals surface area contributed by atoms with Crippen molar-refractivity contribution in [2.75, 3.05) is 19.7 Å². The lowest BCUT2D eigenvalue weighted by Gasteiger charge is -2.36. The van der Waals surface area contributed by atoms with Gasteiger partial charge in [0.05, 0.1) is 13.2 Å². The van der Waals surface area contributed by atoms with E-state index in [2.05, 4.69) is 34.7 Å². The molecule has 1 N–H and O–H groups in total. The molecule has 0 amide bonds. The molecule has 1 saturated heterocycles. The molecular weight excluding hydrogens is 358 g/mol. The SMILES string of the molecule is Cc1c(Br)cccc1OCCC[C@@H]1CCN(CC(=O)O)[C@H](C)C1. The van der Waals surface area contributed by atoms with E-state index in [1.165, 1.54) is 0 Å². The molecule has 0 aliphatic carbocycles. The minimum Gasteiger partial charge on any atom is -0.493 e. The summed E-state index contributed by atoms with van der Waals surface area (Å²) in [5.74, 6) is 0.902. The fourth-order valence-electron chi connectivity index (χ4n) is 3.29. The van der Waals surface area contributed by atoms with Crippen LogP contribution in [0.3, 0.4) is 0 Å². The number of halogens is 1. The van der Waals surface area contributed by atoms with E-state index in [0.717, 1.165) is 54.6 Å². The van der Waals surface area contributed by atoms with Crippen molar-refractivity contribution in [1.82, 2.24) is 4.90 Å². The molecule has 0 saturated carbocycles. The highest BCUT2D eigenvalue weighted by Gasteiger charge is 2.26. The van der Waals surface area contributed by atoms with Crippen LogP contribution in [0.15, 0.2) is 22.7 Å². The summed E-state index contributed by atoms with van der Waals surface area (Å²) in [5, 5.41) is 8.91. The number of likely N-dealkylation sites (tertiary alicyclic amines) is 1. The molecule has 2 rings (SSSR count). The van der Waals surface area contributed by atoms with Gasteiger partial charge in [0, 0.05) is 16.1 Å². The predicted octanol–water partition coefficient (Wildman–Crippen LogP) is 4.10. The number of aliphatic carboxylic acids is 1. The van der Waals surface area contributed by atoms with Crippen molar-refractivity contribution in [1.29, 1.82) is 0 Å². The Morgan fingerprint density at radius 1 is 1.48 bits per heavy atom. The fraction of sp³-hybridized carbons (Fsp3) is 0.611. The molecule has 2 atom stereocenters. The molecule has 1 fully saturated rings. The zero-order valence-electron chi connectivity index (χ0n) is 13.9. The van der Waals surface area contributed by atoms with Crippen molar-refractivity contribution >= 4 is 21.9 Å². The number of hydrogen-bond donors (Lipinski definition) is 1. The van der Waals surface area contributed by atoms with Crippen LogP contribution in [0.1, 0.15) is 38.2 Å². The average molecular weight is 384 g/mol. The normalized spacial score (nSPS) is 22.0. The van der Waals surface area contributed by atoms with E-state index in [1.54, 1.807) is 0 Å². The summed E-state index contributed by atoms with van der Waals surface area (Å²) in [5.41, 5.74) is 1.14. The second-order valence-corrected chi connectivity index (χ2v) is 7.31. The molecule has 5 heteroatoms. The van der Waals surface area contributed by atoms with Gasteiger partial charge < -0.3 is 9.84 Å². The quantitative estimate of drug-likeness (QED) is 0.719. The van der Waals surface area contributed by atoms with Gasteiger partial charge in [0.15, 0.2) is 0 Å². The van der Waals surface area contributed by atoms with Gasteiger partial charge in [-0.2, -0.15) is 0 Å². The highest BCUT2D eigenvalue weighted by molar-refractivity contribution is 9.10. The first-order valence-electron chi connectivity index (χ1n) is 8.31. The maximum Gasteiger partial charge on any atom is 0.317 e. The number of ether oxygens (including phenoxy) is 1. The molecule has 1 aromatic rings. The third-order valence-electron chi connectivity index (χ3n) is 4.69. The highest BCUT2D eigenvalue weighted by atomic mass is 79.9. The van der Waals surface area contributed by atoms with E-state index in [9.17, 15) is 4.79 Å². The van der Waals surface area contributed by atoms with Crippen molar-refractivity contribution in [3.05, 3.63) is 28.2 Å². The number of carbonyl (C=O) groups is 1. The largest absolute Gasteiger partial charge is 0.493 e. The third-order valence-corrected chi connectivity index (χ3v) is 5.55. The van der Waals surface area contributed by atoms with Crippen LogP contribution < -0.4 is 4.74 Å². The van der Waals surface area contributed by atoms with E-state index >= 15 is 0 Å². The first kappa shape index (κ1) is 18.3. The molecule has 0 spiro atoms. The highest BCUT2D eigenvalue weighted by Crippen LogP contribution is 2.28. The van der Waals surface area contributed by atoms with Crippen LogP contribution in [0.5, 0.6) is 5.75 Å². The van der Waals surface area contributed by atoms with Gasteiger partial charge in [-0.05, 0) is 64.1 Å². The Labute approximate surface area is 147 Å². The van der Waals surface area contributed by atoms with E-state index in [1.807, 2.05) is 18.2 Å². The van der Waals surface area contributed by atoms with Crippen molar-refractivity contribution in [2.24, 2.45) is 5.92 Å². The van der Waals surface area contributed by atoms with Crippen LogP contribution in [0.25, 0.3) is 0 Å². The predicted molar refractivity (Wildman–Crippen MR) is 95.0 cm³/mol. The first-order valence-corrected chi connectivity index (χ1v) is 9.10. The number of nitrogens with zero attached hydrogens (tertiary/aromatic N) is 1. The second kappa shape index (κ2) is 8.69. The van der Waals surface area contributed by atoms with Gasteiger partial charge in [-0.25, -0.2) is 0 Å². The van der Waals surface area contributed by atoms with Crippen molar-refractivity contribution in [3.8, 4) is 5.75 Å². The monoisotopic (exact) mass is 383 g/mol. The number of piperidine rings is 1. The molecule has 0 aromatic heterocycles. The molecule has 1 heterocycles. The number of carboxylic acids is 1. The molecule has 23 heavy (non-hydrogen) atoms. The standard InChI is InChI=1S/C18H26BrNO3/c1-13-11-15(8-9-20(13)12-18(21)22)5-4-10-23-17-7-3-6-16(19)14(17)2/h3,6-7,13,15H,4-5,8-12H2,1-2H3,(H,21,22)/t13-,15-/m1/s1. The molecule has 0 unspecified atom stereocenters. The Morgan fingerprint density at radius 3 is 2.96 bits per heavy atom. The van der Waals surface area contributed by atoms with Gasteiger partial charge in [0.2, 0.25) is 0 Å². The topological polar surface area (TPSA) is 49.8 Å². The summed E-state index contributed by atoms with van der Waals surface area (Å²) in [6, 6.07) is 6.38. The smallest absolute Gasteiger partial charge is 0.317 e. The average Bonchev–Trinajstić information content (AvgIpc) is 2.50. The molecule has 1 aliphatic heterocycles. The lowest BCUT2D eigenvalue weighted by atomic mass is 9.88. The molecule has 1 aromatic carbocycles.